The van der Waals surface area contributed by atoms with Crippen LogP contribution < -0.4 is 4.90 Å². The number of aryl methyl sites for hydroxylation is 2. The van der Waals surface area contributed by atoms with E-state index in [0.29, 0.717) is 0 Å². The zero-order valence-corrected chi connectivity index (χ0v) is 18.0. The predicted octanol–water partition coefficient (Wildman–Crippen LogP) is 6.79. The van der Waals surface area contributed by atoms with Gasteiger partial charge in [0.15, 0.2) is 0 Å². The molecule has 0 saturated heterocycles. The first kappa shape index (κ1) is 18.8. The molecule has 30 heavy (non-hydrogen) atoms. The third-order valence-corrected chi connectivity index (χ3v) is 6.37. The van der Waals surface area contributed by atoms with Gasteiger partial charge < -0.3 is 4.90 Å². The molecule has 0 amide bonds. The average Bonchev–Trinajstić information content (AvgIpc) is 3.04. The number of hydrogen-bond acceptors (Lipinski definition) is 1. The van der Waals surface area contributed by atoms with Gasteiger partial charge in [-0.2, -0.15) is 0 Å². The van der Waals surface area contributed by atoms with E-state index in [-0.39, 0.29) is 0 Å². The molecule has 0 fully saturated rings. The summed E-state index contributed by atoms with van der Waals surface area (Å²) in [5.74, 6) is 0. The van der Waals surface area contributed by atoms with E-state index in [1.807, 2.05) is 0 Å². The molecule has 0 atom stereocenters. The van der Waals surface area contributed by atoms with E-state index >= 15 is 0 Å². The van der Waals surface area contributed by atoms with Gasteiger partial charge in [0, 0.05) is 11.3 Å². The average molecular weight is 406 g/mol. The highest BCUT2D eigenvalue weighted by Crippen LogP contribution is 2.51. The smallest absolute Gasteiger partial charge is 0.122 e. The van der Waals surface area contributed by atoms with E-state index < -0.39 is 5.54 Å². The van der Waals surface area contributed by atoms with E-state index in [0.717, 1.165) is 16.2 Å². The van der Waals surface area contributed by atoms with Crippen molar-refractivity contribution >= 4 is 22.9 Å². The third-order valence-electron chi connectivity index (χ3n) is 5.97. The van der Waals surface area contributed by atoms with Crippen LogP contribution in [0.3, 0.4) is 0 Å². The molecule has 0 bridgehead atoms. The SMILES string of the molecule is Cc1cccc(C2(c3cccc(C)c3)c3ccccc3C(=S)N2c2ccccc2)c1. The van der Waals surface area contributed by atoms with Crippen LogP contribution in [-0.2, 0) is 5.54 Å². The van der Waals surface area contributed by atoms with Gasteiger partial charge in [-0.3, -0.25) is 0 Å². The van der Waals surface area contributed by atoms with Gasteiger partial charge in [-0.25, -0.2) is 0 Å². The molecule has 0 saturated carbocycles. The van der Waals surface area contributed by atoms with Gasteiger partial charge in [-0.15, -0.1) is 0 Å². The molecule has 0 spiro atoms. The van der Waals surface area contributed by atoms with E-state index in [4.69, 9.17) is 12.2 Å². The molecule has 0 N–H and O–H groups in total. The topological polar surface area (TPSA) is 3.24 Å². The Balaban J connectivity index is 1.95. The number of fused-ring (bicyclic) bond motifs is 1. The second-order valence-corrected chi connectivity index (χ2v) is 8.36. The second-order valence-electron chi connectivity index (χ2n) is 7.97. The molecule has 2 heteroatoms. The lowest BCUT2D eigenvalue weighted by Crippen LogP contribution is -2.45. The Labute approximate surface area is 183 Å². The van der Waals surface area contributed by atoms with E-state index in [2.05, 4.69) is 122 Å². The Kier molecular flexibility index (Phi) is 4.52. The zero-order chi connectivity index (χ0) is 20.7. The number of thiocarbonyl (C=S) groups is 1. The lowest BCUT2D eigenvalue weighted by atomic mass is 9.76. The molecular weight excluding hydrogens is 382 g/mol. The van der Waals surface area contributed by atoms with Gasteiger partial charge >= 0.3 is 0 Å². The van der Waals surface area contributed by atoms with Crippen molar-refractivity contribution < 1.29 is 0 Å². The number of rotatable bonds is 3. The van der Waals surface area contributed by atoms with Crippen molar-refractivity contribution in [3.05, 3.63) is 137 Å². The van der Waals surface area contributed by atoms with Crippen molar-refractivity contribution in [2.45, 2.75) is 19.4 Å². The van der Waals surface area contributed by atoms with Gasteiger partial charge in [0.2, 0.25) is 0 Å². The van der Waals surface area contributed by atoms with Crippen LogP contribution in [0, 0.1) is 13.8 Å². The van der Waals surface area contributed by atoms with Crippen LogP contribution in [-0.4, -0.2) is 4.99 Å². The molecule has 0 aliphatic carbocycles. The predicted molar refractivity (Wildman–Crippen MR) is 129 cm³/mol. The van der Waals surface area contributed by atoms with E-state index in [9.17, 15) is 0 Å². The number of nitrogens with zero attached hydrogens (tertiary/aromatic N) is 1. The number of hydrogen-bond donors (Lipinski definition) is 0. The minimum absolute atomic E-state index is 0.521. The van der Waals surface area contributed by atoms with Gasteiger partial charge in [0.05, 0.1) is 0 Å². The van der Waals surface area contributed by atoms with E-state index in [1.54, 1.807) is 0 Å². The van der Waals surface area contributed by atoms with Crippen LogP contribution in [0.15, 0.2) is 103 Å². The monoisotopic (exact) mass is 405 g/mol. The molecule has 0 unspecified atom stereocenters. The summed E-state index contributed by atoms with van der Waals surface area (Å²) < 4.78 is 0. The molecule has 0 aromatic heterocycles. The summed E-state index contributed by atoms with van der Waals surface area (Å²) in [4.78, 5) is 3.20. The highest BCUT2D eigenvalue weighted by molar-refractivity contribution is 7.81. The van der Waals surface area contributed by atoms with Crippen LogP contribution in [0.4, 0.5) is 5.69 Å². The summed E-state index contributed by atoms with van der Waals surface area (Å²) in [6.45, 7) is 4.30. The molecule has 1 nitrogen and oxygen atoms in total. The first-order chi connectivity index (χ1) is 14.6. The molecule has 5 rings (SSSR count). The Morgan fingerprint density at radius 1 is 0.633 bits per heavy atom. The molecule has 1 aliphatic heterocycles. The molecule has 4 aromatic carbocycles. The van der Waals surface area contributed by atoms with Crippen molar-refractivity contribution in [1.82, 2.24) is 0 Å². The fraction of sp³-hybridized carbons (Fsp3) is 0.107. The first-order valence-electron chi connectivity index (χ1n) is 10.3. The number of para-hydroxylation sites is 1. The summed E-state index contributed by atoms with van der Waals surface area (Å²) in [6, 6.07) is 36.8. The standard InChI is InChI=1S/C28H23NS/c1-20-10-8-12-22(18-20)28(23-13-9-11-21(2)19-23)26-17-7-6-16-25(26)27(30)29(28)24-14-4-3-5-15-24/h3-19H,1-2H3. The van der Waals surface area contributed by atoms with Crippen LogP contribution in [0.25, 0.3) is 0 Å². The molecule has 146 valence electrons. The third kappa shape index (κ3) is 2.72. The van der Waals surface area contributed by atoms with Crippen molar-refractivity contribution in [3.8, 4) is 0 Å². The van der Waals surface area contributed by atoms with Gasteiger partial charge in [0.25, 0.3) is 0 Å². The highest BCUT2D eigenvalue weighted by atomic mass is 32.1. The van der Waals surface area contributed by atoms with Crippen molar-refractivity contribution in [1.29, 1.82) is 0 Å². The van der Waals surface area contributed by atoms with Crippen LogP contribution >= 0.6 is 12.2 Å². The van der Waals surface area contributed by atoms with Crippen LogP contribution in [0.5, 0.6) is 0 Å². The molecule has 4 aromatic rings. The van der Waals surface area contributed by atoms with Gasteiger partial charge in [-0.05, 0) is 42.7 Å². The van der Waals surface area contributed by atoms with Gasteiger partial charge in [-0.1, -0.05) is 114 Å². The van der Waals surface area contributed by atoms with Crippen molar-refractivity contribution in [2.75, 3.05) is 4.90 Å². The lowest BCUT2D eigenvalue weighted by molar-refractivity contribution is 0.662. The maximum absolute atomic E-state index is 6.12. The molecule has 0 radical (unpaired) electrons. The minimum atomic E-state index is -0.521. The maximum Gasteiger partial charge on any atom is 0.122 e. The highest BCUT2D eigenvalue weighted by Gasteiger charge is 2.51. The Bertz CT molecular complexity index is 1200. The first-order valence-corrected chi connectivity index (χ1v) is 10.7. The lowest BCUT2D eigenvalue weighted by Gasteiger charge is -2.42. The minimum Gasteiger partial charge on any atom is -0.314 e. The zero-order valence-electron chi connectivity index (χ0n) is 17.2. The molecular formula is C28H23NS. The second kappa shape index (κ2) is 7.23. The normalized spacial score (nSPS) is 14.6. The summed E-state index contributed by atoms with van der Waals surface area (Å²) in [5, 5.41) is 0. The van der Waals surface area contributed by atoms with Gasteiger partial charge in [0.1, 0.15) is 10.5 Å². The summed E-state index contributed by atoms with van der Waals surface area (Å²) in [7, 11) is 0. The molecule has 1 aliphatic rings. The number of benzene rings is 4. The van der Waals surface area contributed by atoms with Crippen molar-refractivity contribution in [3.63, 3.8) is 0 Å². The quantitative estimate of drug-likeness (QED) is 0.345. The summed E-state index contributed by atoms with van der Waals surface area (Å²) in [5.41, 5.74) is 7.86. The summed E-state index contributed by atoms with van der Waals surface area (Å²) in [6.07, 6.45) is 0. The van der Waals surface area contributed by atoms with E-state index in [1.165, 1.54) is 27.8 Å². The Hall–Kier alpha value is -3.23. The largest absolute Gasteiger partial charge is 0.314 e. The van der Waals surface area contributed by atoms with Crippen LogP contribution in [0.2, 0.25) is 0 Å². The Morgan fingerprint density at radius 2 is 1.20 bits per heavy atom. The van der Waals surface area contributed by atoms with Crippen molar-refractivity contribution in [2.24, 2.45) is 0 Å². The summed E-state index contributed by atoms with van der Waals surface area (Å²) >= 11 is 6.12. The molecule has 1 heterocycles. The maximum atomic E-state index is 6.12. The van der Waals surface area contributed by atoms with Crippen LogP contribution in [0.1, 0.15) is 33.4 Å². The Morgan fingerprint density at radius 3 is 1.80 bits per heavy atom. The fourth-order valence-corrected chi connectivity index (χ4v) is 5.16. The number of anilines is 1. The fourth-order valence-electron chi connectivity index (χ4n) is 4.74.